The lowest BCUT2D eigenvalue weighted by Crippen LogP contribution is -2.37. The summed E-state index contributed by atoms with van der Waals surface area (Å²) in [4.78, 5) is 9.61. The zero-order chi connectivity index (χ0) is 21.8. The number of allylic oxidation sites excluding steroid dienone is 1. The summed E-state index contributed by atoms with van der Waals surface area (Å²) < 4.78 is 22.3. The number of hydrogen-bond acceptors (Lipinski definition) is 3. The molecular weight excluding hydrogens is 385 g/mol. The first-order chi connectivity index (χ1) is 13.8. The molecule has 174 valence electrons. The lowest BCUT2D eigenvalue weighted by molar-refractivity contribution is -0.870. The van der Waals surface area contributed by atoms with Crippen molar-refractivity contribution < 1.29 is 23.0 Å². The van der Waals surface area contributed by atoms with Crippen molar-refractivity contribution in [1.29, 1.82) is 0 Å². The van der Waals surface area contributed by atoms with E-state index in [1.165, 1.54) is 83.5 Å². The molecule has 6 heteroatoms. The van der Waals surface area contributed by atoms with Crippen LogP contribution in [0.25, 0.3) is 0 Å². The summed E-state index contributed by atoms with van der Waals surface area (Å²) in [5, 5.41) is 0. The second kappa shape index (κ2) is 18.6. The van der Waals surface area contributed by atoms with Crippen LogP contribution in [0.4, 0.5) is 0 Å². The summed E-state index contributed by atoms with van der Waals surface area (Å²) in [6.07, 6.45) is 22.5. The average Bonchev–Trinajstić information content (AvgIpc) is 2.63. The Kier molecular flexibility index (Phi) is 18.4. The van der Waals surface area contributed by atoms with Crippen molar-refractivity contribution >= 4 is 7.82 Å². The molecular formula is C23H49NO4P+. The van der Waals surface area contributed by atoms with Crippen molar-refractivity contribution in [2.45, 2.75) is 96.8 Å². The van der Waals surface area contributed by atoms with E-state index in [9.17, 15) is 9.46 Å². The first kappa shape index (κ1) is 28.8. The van der Waals surface area contributed by atoms with E-state index < -0.39 is 7.82 Å². The van der Waals surface area contributed by atoms with E-state index in [1.54, 1.807) is 0 Å². The van der Waals surface area contributed by atoms with Gasteiger partial charge in [-0.2, -0.15) is 0 Å². The molecule has 1 unspecified atom stereocenters. The normalized spacial score (nSPS) is 14.5. The van der Waals surface area contributed by atoms with E-state index in [-0.39, 0.29) is 13.2 Å². The molecule has 0 bridgehead atoms. The van der Waals surface area contributed by atoms with Gasteiger partial charge in [0.15, 0.2) is 0 Å². The standard InChI is InChI=1S/C23H48NO4P/c1-5-6-7-8-9-10-11-12-13-14-15-16-17-18-19-20-22-27-29(25,26)28-23-21-24(2,3)4/h19-20H,5-18,21-23H2,1-4H3/p+1/b20-19+. The number of phosphoric acid groups is 1. The number of unbranched alkanes of at least 4 members (excludes halogenated alkanes) is 13. The molecule has 0 aromatic rings. The number of hydrogen-bond donors (Lipinski definition) is 1. The van der Waals surface area contributed by atoms with Crippen molar-refractivity contribution in [3.63, 3.8) is 0 Å². The average molecular weight is 435 g/mol. The second-order valence-corrected chi connectivity index (χ2v) is 10.6. The third-order valence-corrected chi connectivity index (χ3v) is 5.98. The van der Waals surface area contributed by atoms with Crippen molar-refractivity contribution in [3.8, 4) is 0 Å². The highest BCUT2D eigenvalue weighted by molar-refractivity contribution is 7.47. The molecule has 29 heavy (non-hydrogen) atoms. The highest BCUT2D eigenvalue weighted by Crippen LogP contribution is 2.42. The van der Waals surface area contributed by atoms with Gasteiger partial charge in [0.1, 0.15) is 13.2 Å². The zero-order valence-electron chi connectivity index (χ0n) is 19.7. The Labute approximate surface area is 181 Å². The van der Waals surface area contributed by atoms with Gasteiger partial charge >= 0.3 is 7.82 Å². The molecule has 0 radical (unpaired) electrons. The summed E-state index contributed by atoms with van der Waals surface area (Å²) in [5.41, 5.74) is 0. The molecule has 0 rings (SSSR count). The monoisotopic (exact) mass is 434 g/mol. The summed E-state index contributed by atoms with van der Waals surface area (Å²) in [7, 11) is 2.09. The van der Waals surface area contributed by atoms with Gasteiger partial charge in [-0.3, -0.25) is 9.05 Å². The molecule has 0 spiro atoms. The Morgan fingerprint density at radius 2 is 1.24 bits per heavy atom. The van der Waals surface area contributed by atoms with Crippen LogP contribution in [0.1, 0.15) is 96.8 Å². The van der Waals surface area contributed by atoms with Crippen LogP contribution in [0.15, 0.2) is 12.2 Å². The highest BCUT2D eigenvalue weighted by atomic mass is 31.2. The quantitative estimate of drug-likeness (QED) is 0.0927. The summed E-state index contributed by atoms with van der Waals surface area (Å²) >= 11 is 0. The van der Waals surface area contributed by atoms with Crippen molar-refractivity contribution in [2.24, 2.45) is 0 Å². The number of phosphoric ester groups is 1. The van der Waals surface area contributed by atoms with Crippen molar-refractivity contribution in [1.82, 2.24) is 0 Å². The maximum absolute atomic E-state index is 11.7. The largest absolute Gasteiger partial charge is 0.472 e. The van der Waals surface area contributed by atoms with Crippen LogP contribution >= 0.6 is 7.82 Å². The maximum atomic E-state index is 11.7. The minimum Gasteiger partial charge on any atom is -0.329 e. The predicted molar refractivity (Wildman–Crippen MR) is 124 cm³/mol. The fourth-order valence-electron chi connectivity index (χ4n) is 3.07. The fraction of sp³-hybridized carbons (Fsp3) is 0.913. The molecule has 0 heterocycles. The fourth-order valence-corrected chi connectivity index (χ4v) is 3.73. The van der Waals surface area contributed by atoms with E-state index in [4.69, 9.17) is 9.05 Å². The van der Waals surface area contributed by atoms with Gasteiger partial charge in [-0.1, -0.05) is 96.1 Å². The first-order valence-corrected chi connectivity index (χ1v) is 13.3. The third kappa shape index (κ3) is 24.0. The van der Waals surface area contributed by atoms with Gasteiger partial charge in [0.25, 0.3) is 0 Å². The van der Waals surface area contributed by atoms with Crippen molar-refractivity contribution in [2.75, 3.05) is 40.9 Å². The van der Waals surface area contributed by atoms with E-state index in [1.807, 2.05) is 33.3 Å². The van der Waals surface area contributed by atoms with Gasteiger partial charge in [-0.25, -0.2) is 4.57 Å². The zero-order valence-corrected chi connectivity index (χ0v) is 20.6. The molecule has 0 aliphatic carbocycles. The molecule has 5 nitrogen and oxygen atoms in total. The molecule has 1 N–H and O–H groups in total. The number of rotatable bonds is 21. The molecule has 0 aromatic heterocycles. The number of likely N-dealkylation sites (N-methyl/N-ethyl adjacent to an activating group) is 1. The third-order valence-electron chi connectivity index (χ3n) is 4.99. The van der Waals surface area contributed by atoms with Gasteiger partial charge in [-0.15, -0.1) is 0 Å². The minimum atomic E-state index is -3.93. The predicted octanol–water partition coefficient (Wildman–Crippen LogP) is 6.86. The summed E-state index contributed by atoms with van der Waals surface area (Å²) in [6.45, 7) is 3.26. The second-order valence-electron chi connectivity index (χ2n) is 9.11. The minimum absolute atomic E-state index is 0.122. The molecule has 0 aliphatic heterocycles. The van der Waals surface area contributed by atoms with Gasteiger partial charge < -0.3 is 9.38 Å². The number of quaternary nitrogens is 1. The Balaban J connectivity index is 3.38. The molecule has 0 amide bonds. The molecule has 0 saturated heterocycles. The first-order valence-electron chi connectivity index (χ1n) is 11.8. The van der Waals surface area contributed by atoms with Crippen LogP contribution in [0.3, 0.4) is 0 Å². The molecule has 1 atom stereocenters. The van der Waals surface area contributed by atoms with Crippen LogP contribution in [0.5, 0.6) is 0 Å². The smallest absolute Gasteiger partial charge is 0.329 e. The van der Waals surface area contributed by atoms with Gasteiger partial charge in [0, 0.05) is 0 Å². The Bertz CT molecular complexity index is 435. The summed E-state index contributed by atoms with van der Waals surface area (Å²) in [5.74, 6) is 0. The van der Waals surface area contributed by atoms with Crippen LogP contribution in [-0.2, 0) is 13.6 Å². The Hall–Kier alpha value is -0.190. The number of nitrogens with zero attached hydrogens (tertiary/aromatic N) is 1. The lowest BCUT2D eigenvalue weighted by atomic mass is 10.0. The highest BCUT2D eigenvalue weighted by Gasteiger charge is 2.21. The van der Waals surface area contributed by atoms with E-state index in [0.29, 0.717) is 11.0 Å². The van der Waals surface area contributed by atoms with Gasteiger partial charge in [0.05, 0.1) is 27.7 Å². The topological polar surface area (TPSA) is 55.8 Å². The van der Waals surface area contributed by atoms with Gasteiger partial charge in [-0.05, 0) is 12.8 Å². The Morgan fingerprint density at radius 3 is 1.72 bits per heavy atom. The van der Waals surface area contributed by atoms with E-state index >= 15 is 0 Å². The maximum Gasteiger partial charge on any atom is 0.472 e. The van der Waals surface area contributed by atoms with Crippen LogP contribution in [-0.4, -0.2) is 50.3 Å². The molecule has 0 fully saturated rings. The SMILES string of the molecule is CCCCCCCCCCCCCCC/C=C/COP(=O)(O)OCC[N+](C)(C)C. The molecule has 0 aliphatic rings. The van der Waals surface area contributed by atoms with Gasteiger partial charge in [0.2, 0.25) is 0 Å². The van der Waals surface area contributed by atoms with Crippen LogP contribution < -0.4 is 0 Å². The van der Waals surface area contributed by atoms with Crippen molar-refractivity contribution in [3.05, 3.63) is 12.2 Å². The summed E-state index contributed by atoms with van der Waals surface area (Å²) in [6, 6.07) is 0. The van der Waals surface area contributed by atoms with Crippen LogP contribution in [0.2, 0.25) is 0 Å². The van der Waals surface area contributed by atoms with E-state index in [2.05, 4.69) is 6.92 Å². The Morgan fingerprint density at radius 1 is 0.759 bits per heavy atom. The van der Waals surface area contributed by atoms with E-state index in [0.717, 1.165) is 6.42 Å². The molecule has 0 saturated carbocycles. The molecule has 0 aromatic carbocycles. The lowest BCUT2D eigenvalue weighted by Gasteiger charge is -2.23. The van der Waals surface area contributed by atoms with Crippen LogP contribution in [0, 0.1) is 0 Å².